The molecule has 0 saturated carbocycles. The molecule has 0 atom stereocenters. The summed E-state index contributed by atoms with van der Waals surface area (Å²) in [5, 5.41) is 14.8. The third-order valence-electron chi connectivity index (χ3n) is 4.88. The molecule has 0 spiro atoms. The molecule has 0 fully saturated rings. The molecule has 8 nitrogen and oxygen atoms in total. The molecule has 3 rings (SSSR count). The molecule has 0 saturated heterocycles. The smallest absolute Gasteiger partial charge is 0.234 e. The van der Waals surface area contributed by atoms with Crippen molar-refractivity contribution in [2.75, 3.05) is 23.5 Å². The SMILES string of the molecule is CCn1c(CC(=O)Nc2ccc(OC)cc2)nnc1SCC(=O)Nc1c(C)cccc1C. The molecule has 0 aliphatic carbocycles. The summed E-state index contributed by atoms with van der Waals surface area (Å²) in [5.74, 6) is 1.16. The summed E-state index contributed by atoms with van der Waals surface area (Å²) >= 11 is 1.30. The number of carbonyl (C=O) groups is 2. The van der Waals surface area contributed by atoms with Crippen molar-refractivity contribution in [3.8, 4) is 5.75 Å². The van der Waals surface area contributed by atoms with Gasteiger partial charge in [-0.2, -0.15) is 0 Å². The lowest BCUT2D eigenvalue weighted by molar-refractivity contribution is -0.116. The van der Waals surface area contributed by atoms with Crippen LogP contribution in [0.3, 0.4) is 0 Å². The molecule has 2 N–H and O–H groups in total. The summed E-state index contributed by atoms with van der Waals surface area (Å²) in [6, 6.07) is 13.0. The normalized spacial score (nSPS) is 10.6. The topological polar surface area (TPSA) is 98.1 Å². The molecule has 3 aromatic rings. The number of benzene rings is 2. The van der Waals surface area contributed by atoms with Gasteiger partial charge < -0.3 is 19.9 Å². The highest BCUT2D eigenvalue weighted by Crippen LogP contribution is 2.22. The van der Waals surface area contributed by atoms with E-state index in [2.05, 4.69) is 20.8 Å². The number of amides is 2. The van der Waals surface area contributed by atoms with Crippen molar-refractivity contribution in [3.63, 3.8) is 0 Å². The van der Waals surface area contributed by atoms with Crippen LogP contribution >= 0.6 is 11.8 Å². The van der Waals surface area contributed by atoms with Crippen molar-refractivity contribution < 1.29 is 14.3 Å². The maximum Gasteiger partial charge on any atom is 0.234 e. The van der Waals surface area contributed by atoms with Gasteiger partial charge in [0, 0.05) is 17.9 Å². The van der Waals surface area contributed by atoms with Crippen LogP contribution < -0.4 is 15.4 Å². The first-order chi connectivity index (χ1) is 15.4. The molecule has 2 amide bonds. The van der Waals surface area contributed by atoms with Crippen molar-refractivity contribution in [2.24, 2.45) is 0 Å². The lowest BCUT2D eigenvalue weighted by Gasteiger charge is -2.11. The molecule has 0 unspecified atom stereocenters. The van der Waals surface area contributed by atoms with E-state index in [0.29, 0.717) is 23.2 Å². The van der Waals surface area contributed by atoms with Crippen LogP contribution in [0.15, 0.2) is 47.6 Å². The number of carbonyl (C=O) groups excluding carboxylic acids is 2. The van der Waals surface area contributed by atoms with Crippen LogP contribution in [0.5, 0.6) is 5.75 Å². The Balaban J connectivity index is 1.59. The van der Waals surface area contributed by atoms with Gasteiger partial charge in [0.2, 0.25) is 11.8 Å². The highest BCUT2D eigenvalue weighted by molar-refractivity contribution is 7.99. The second-order valence-electron chi connectivity index (χ2n) is 7.20. The van der Waals surface area contributed by atoms with E-state index < -0.39 is 0 Å². The van der Waals surface area contributed by atoms with Crippen molar-refractivity contribution in [2.45, 2.75) is 38.9 Å². The number of nitrogens with one attached hydrogen (secondary N) is 2. The molecule has 1 aromatic heterocycles. The van der Waals surface area contributed by atoms with E-state index in [0.717, 1.165) is 22.6 Å². The lowest BCUT2D eigenvalue weighted by atomic mass is 10.1. The Morgan fingerprint density at radius 3 is 2.31 bits per heavy atom. The second kappa shape index (κ2) is 10.8. The molecule has 1 heterocycles. The summed E-state index contributed by atoms with van der Waals surface area (Å²) in [7, 11) is 1.59. The van der Waals surface area contributed by atoms with Gasteiger partial charge in [0.15, 0.2) is 5.16 Å². The molecular weight excluding hydrogens is 426 g/mol. The standard InChI is InChI=1S/C23H27N5O3S/c1-5-28-19(13-20(29)24-17-9-11-18(31-4)12-10-17)26-27-23(28)32-14-21(30)25-22-15(2)7-6-8-16(22)3/h6-12H,5,13-14H2,1-4H3,(H,24,29)(H,25,30). The minimum atomic E-state index is -0.193. The van der Waals surface area contributed by atoms with Gasteiger partial charge >= 0.3 is 0 Å². The van der Waals surface area contributed by atoms with E-state index in [9.17, 15) is 9.59 Å². The lowest BCUT2D eigenvalue weighted by Crippen LogP contribution is -2.18. The minimum Gasteiger partial charge on any atom is -0.497 e. The number of hydrogen-bond acceptors (Lipinski definition) is 6. The number of aromatic nitrogens is 3. The van der Waals surface area contributed by atoms with Gasteiger partial charge in [0.1, 0.15) is 11.6 Å². The summed E-state index contributed by atoms with van der Waals surface area (Å²) < 4.78 is 6.97. The summed E-state index contributed by atoms with van der Waals surface area (Å²) in [5.41, 5.74) is 3.55. The van der Waals surface area contributed by atoms with E-state index in [4.69, 9.17) is 4.74 Å². The average Bonchev–Trinajstić information content (AvgIpc) is 3.16. The Hall–Kier alpha value is -3.33. The number of para-hydroxylation sites is 1. The molecule has 9 heteroatoms. The van der Waals surface area contributed by atoms with E-state index >= 15 is 0 Å². The fraction of sp³-hybridized carbons (Fsp3) is 0.304. The van der Waals surface area contributed by atoms with E-state index in [1.807, 2.05) is 43.5 Å². The van der Waals surface area contributed by atoms with Gasteiger partial charge in [-0.25, -0.2) is 0 Å². The van der Waals surface area contributed by atoms with Crippen LogP contribution in [0.4, 0.5) is 11.4 Å². The van der Waals surface area contributed by atoms with Crippen molar-refractivity contribution in [1.29, 1.82) is 0 Å². The fourth-order valence-electron chi connectivity index (χ4n) is 3.21. The van der Waals surface area contributed by atoms with Gasteiger partial charge in [0.25, 0.3) is 0 Å². The highest BCUT2D eigenvalue weighted by atomic mass is 32.2. The number of rotatable bonds is 9. The van der Waals surface area contributed by atoms with Crippen LogP contribution in [0.25, 0.3) is 0 Å². The molecule has 0 aliphatic rings. The number of ether oxygens (including phenoxy) is 1. The van der Waals surface area contributed by atoms with Crippen molar-refractivity contribution in [1.82, 2.24) is 14.8 Å². The Morgan fingerprint density at radius 2 is 1.69 bits per heavy atom. The molecule has 32 heavy (non-hydrogen) atoms. The summed E-state index contributed by atoms with van der Waals surface area (Å²) in [4.78, 5) is 24.9. The average molecular weight is 454 g/mol. The van der Waals surface area contributed by atoms with Crippen LogP contribution in [-0.4, -0.2) is 39.4 Å². The first-order valence-corrected chi connectivity index (χ1v) is 11.2. The highest BCUT2D eigenvalue weighted by Gasteiger charge is 2.16. The minimum absolute atomic E-state index is 0.0853. The molecule has 0 aliphatic heterocycles. The van der Waals surface area contributed by atoms with Crippen LogP contribution in [0.2, 0.25) is 0 Å². The van der Waals surface area contributed by atoms with Crippen molar-refractivity contribution in [3.05, 3.63) is 59.4 Å². The van der Waals surface area contributed by atoms with Gasteiger partial charge in [-0.1, -0.05) is 30.0 Å². The number of methoxy groups -OCH3 is 1. The second-order valence-corrected chi connectivity index (χ2v) is 8.14. The molecule has 0 radical (unpaired) electrons. The monoisotopic (exact) mass is 453 g/mol. The predicted octanol–water partition coefficient (Wildman–Crippen LogP) is 3.84. The Kier molecular flexibility index (Phi) is 7.88. The molecular formula is C23H27N5O3S. The van der Waals surface area contributed by atoms with Crippen molar-refractivity contribution >= 4 is 35.0 Å². The third-order valence-corrected chi connectivity index (χ3v) is 5.85. The quantitative estimate of drug-likeness (QED) is 0.478. The number of aryl methyl sites for hydroxylation is 2. The number of anilines is 2. The Bertz CT molecular complexity index is 1080. The van der Waals surface area contributed by atoms with Crippen LogP contribution in [-0.2, 0) is 22.6 Å². The number of nitrogens with zero attached hydrogens (tertiary/aromatic N) is 3. The van der Waals surface area contributed by atoms with E-state index in [-0.39, 0.29) is 24.0 Å². The van der Waals surface area contributed by atoms with E-state index in [1.54, 1.807) is 31.4 Å². The van der Waals surface area contributed by atoms with Gasteiger partial charge in [0.05, 0.1) is 19.3 Å². The van der Waals surface area contributed by atoms with Crippen LogP contribution in [0.1, 0.15) is 23.9 Å². The Morgan fingerprint density at radius 1 is 1.00 bits per heavy atom. The maximum atomic E-state index is 12.5. The number of hydrogen-bond donors (Lipinski definition) is 2. The van der Waals surface area contributed by atoms with E-state index in [1.165, 1.54) is 11.8 Å². The molecule has 168 valence electrons. The molecule has 2 aromatic carbocycles. The zero-order chi connectivity index (χ0) is 23.1. The van der Waals surface area contributed by atoms with Gasteiger partial charge in [-0.15, -0.1) is 10.2 Å². The van der Waals surface area contributed by atoms with Crippen LogP contribution in [0, 0.1) is 13.8 Å². The third kappa shape index (κ3) is 5.88. The predicted molar refractivity (Wildman–Crippen MR) is 126 cm³/mol. The first-order valence-electron chi connectivity index (χ1n) is 10.3. The van der Waals surface area contributed by atoms with Gasteiger partial charge in [-0.3, -0.25) is 9.59 Å². The summed E-state index contributed by atoms with van der Waals surface area (Å²) in [6.45, 7) is 6.48. The fourth-order valence-corrected chi connectivity index (χ4v) is 4.04. The first kappa shape index (κ1) is 23.3. The summed E-state index contributed by atoms with van der Waals surface area (Å²) in [6.07, 6.45) is 0.0853. The maximum absolute atomic E-state index is 12.5. The zero-order valence-corrected chi connectivity index (χ0v) is 19.5. The van der Waals surface area contributed by atoms with Gasteiger partial charge in [-0.05, 0) is 56.2 Å². The molecule has 0 bridgehead atoms. The number of thioether (sulfide) groups is 1. The Labute approximate surface area is 191 Å². The largest absolute Gasteiger partial charge is 0.497 e. The zero-order valence-electron chi connectivity index (χ0n) is 18.6.